The first-order valence-electron chi connectivity index (χ1n) is 7.72. The van der Waals surface area contributed by atoms with Crippen molar-refractivity contribution in [3.8, 4) is 0 Å². The highest BCUT2D eigenvalue weighted by molar-refractivity contribution is 6.40. The van der Waals surface area contributed by atoms with Crippen LogP contribution in [0.2, 0.25) is 5.02 Å². The molecule has 0 aliphatic heterocycles. The predicted octanol–water partition coefficient (Wildman–Crippen LogP) is 1.82. The second-order valence-electron chi connectivity index (χ2n) is 5.23. The highest BCUT2D eigenvalue weighted by Crippen LogP contribution is 2.16. The first-order valence-corrected chi connectivity index (χ1v) is 8.10. The molecular formula is C18H16ClN3O5. The van der Waals surface area contributed by atoms with Gasteiger partial charge in [-0.05, 0) is 36.4 Å². The van der Waals surface area contributed by atoms with Crippen molar-refractivity contribution in [2.45, 2.75) is 0 Å². The Balaban J connectivity index is 1.88. The minimum Gasteiger partial charge on any atom is -0.465 e. The Labute approximate surface area is 159 Å². The number of carbonyl (C=O) groups is 4. The highest BCUT2D eigenvalue weighted by Gasteiger charge is 2.17. The topological polar surface area (TPSA) is 114 Å². The van der Waals surface area contributed by atoms with Gasteiger partial charge < -0.3 is 20.7 Å². The first-order chi connectivity index (χ1) is 12.9. The van der Waals surface area contributed by atoms with Crippen molar-refractivity contribution in [1.29, 1.82) is 0 Å². The summed E-state index contributed by atoms with van der Waals surface area (Å²) < 4.78 is 4.63. The van der Waals surface area contributed by atoms with Gasteiger partial charge in [-0.25, -0.2) is 4.79 Å². The summed E-state index contributed by atoms with van der Waals surface area (Å²) in [5, 5.41) is 7.53. The van der Waals surface area contributed by atoms with Crippen LogP contribution in [-0.4, -0.2) is 37.3 Å². The number of anilines is 2. The highest BCUT2D eigenvalue weighted by atomic mass is 35.5. The van der Waals surface area contributed by atoms with E-state index in [1.54, 1.807) is 24.3 Å². The second-order valence-corrected chi connectivity index (χ2v) is 5.67. The van der Waals surface area contributed by atoms with Crippen LogP contribution in [0.1, 0.15) is 10.4 Å². The lowest BCUT2D eigenvalue weighted by Gasteiger charge is -2.10. The molecular weight excluding hydrogens is 374 g/mol. The number of carbonyl (C=O) groups excluding carboxylic acids is 4. The molecule has 0 bridgehead atoms. The smallest absolute Gasteiger partial charge is 0.339 e. The van der Waals surface area contributed by atoms with Gasteiger partial charge in [0, 0.05) is 10.7 Å². The Bertz CT molecular complexity index is 868. The van der Waals surface area contributed by atoms with Gasteiger partial charge in [0.15, 0.2) is 0 Å². The summed E-state index contributed by atoms with van der Waals surface area (Å²) in [7, 11) is 1.22. The normalized spacial score (nSPS) is 9.85. The van der Waals surface area contributed by atoms with Gasteiger partial charge in [-0.3, -0.25) is 14.4 Å². The van der Waals surface area contributed by atoms with E-state index in [1.807, 2.05) is 0 Å². The monoisotopic (exact) mass is 389 g/mol. The Morgan fingerprint density at radius 2 is 1.59 bits per heavy atom. The van der Waals surface area contributed by atoms with Crippen molar-refractivity contribution in [2.75, 3.05) is 24.3 Å². The van der Waals surface area contributed by atoms with Gasteiger partial charge >= 0.3 is 17.8 Å². The van der Waals surface area contributed by atoms with E-state index >= 15 is 0 Å². The van der Waals surface area contributed by atoms with Crippen molar-refractivity contribution in [1.82, 2.24) is 5.32 Å². The number of amides is 3. The summed E-state index contributed by atoms with van der Waals surface area (Å²) in [6, 6.07) is 12.4. The third-order valence-corrected chi connectivity index (χ3v) is 3.58. The summed E-state index contributed by atoms with van der Waals surface area (Å²) in [5.41, 5.74) is 0.783. The molecule has 0 saturated carbocycles. The molecule has 27 heavy (non-hydrogen) atoms. The minimum atomic E-state index is -0.985. The van der Waals surface area contributed by atoms with Crippen molar-refractivity contribution in [3.63, 3.8) is 0 Å². The van der Waals surface area contributed by atoms with Crippen LogP contribution in [0.15, 0.2) is 48.5 Å². The molecule has 8 nitrogen and oxygen atoms in total. The molecule has 0 unspecified atom stereocenters. The summed E-state index contributed by atoms with van der Waals surface area (Å²) in [4.78, 5) is 47.2. The first kappa shape index (κ1) is 19.9. The zero-order valence-electron chi connectivity index (χ0n) is 14.2. The maximum absolute atomic E-state index is 12.0. The molecule has 2 rings (SSSR count). The Hall–Kier alpha value is -3.39. The van der Waals surface area contributed by atoms with Crippen LogP contribution < -0.4 is 16.0 Å². The molecule has 0 saturated heterocycles. The number of halogens is 1. The van der Waals surface area contributed by atoms with E-state index in [-0.39, 0.29) is 11.3 Å². The van der Waals surface area contributed by atoms with Gasteiger partial charge in [-0.2, -0.15) is 0 Å². The van der Waals surface area contributed by atoms with E-state index in [1.165, 1.54) is 31.4 Å². The number of benzene rings is 2. The largest absolute Gasteiger partial charge is 0.465 e. The SMILES string of the molecule is COC(=O)c1ccccc1NC(=O)CNC(=O)C(=O)Nc1ccc(Cl)cc1. The molecule has 2 aromatic carbocycles. The van der Waals surface area contributed by atoms with Gasteiger partial charge in [-0.1, -0.05) is 23.7 Å². The van der Waals surface area contributed by atoms with E-state index in [0.717, 1.165) is 0 Å². The number of ether oxygens (including phenoxy) is 1. The molecule has 0 heterocycles. The predicted molar refractivity (Wildman–Crippen MR) is 99.5 cm³/mol. The fourth-order valence-corrected chi connectivity index (χ4v) is 2.16. The van der Waals surface area contributed by atoms with Crippen molar-refractivity contribution < 1.29 is 23.9 Å². The average Bonchev–Trinajstić information content (AvgIpc) is 2.67. The molecule has 0 aliphatic rings. The number of para-hydroxylation sites is 1. The van der Waals surface area contributed by atoms with Crippen LogP contribution in [0.4, 0.5) is 11.4 Å². The van der Waals surface area contributed by atoms with Crippen molar-refractivity contribution >= 4 is 46.7 Å². The maximum Gasteiger partial charge on any atom is 0.339 e. The van der Waals surface area contributed by atoms with Crippen molar-refractivity contribution in [3.05, 3.63) is 59.1 Å². The number of hydrogen-bond acceptors (Lipinski definition) is 5. The van der Waals surface area contributed by atoms with Crippen LogP contribution in [0.3, 0.4) is 0 Å². The zero-order valence-corrected chi connectivity index (χ0v) is 15.0. The van der Waals surface area contributed by atoms with Gasteiger partial charge in [0.2, 0.25) is 5.91 Å². The van der Waals surface area contributed by atoms with Crippen LogP contribution in [-0.2, 0) is 19.1 Å². The second kappa shape index (κ2) is 9.35. The van der Waals surface area contributed by atoms with Gasteiger partial charge in [0.25, 0.3) is 0 Å². The van der Waals surface area contributed by atoms with Crippen molar-refractivity contribution in [2.24, 2.45) is 0 Å². The number of esters is 1. The van der Waals surface area contributed by atoms with Crippen LogP contribution >= 0.6 is 11.6 Å². The van der Waals surface area contributed by atoms with E-state index in [9.17, 15) is 19.2 Å². The quantitative estimate of drug-likeness (QED) is 0.533. The van der Waals surface area contributed by atoms with E-state index in [4.69, 9.17) is 11.6 Å². The summed E-state index contributed by atoms with van der Waals surface area (Å²) >= 11 is 5.74. The van der Waals surface area contributed by atoms with Crippen LogP contribution in [0.25, 0.3) is 0 Å². The van der Waals surface area contributed by atoms with E-state index in [2.05, 4.69) is 20.7 Å². The molecule has 3 N–H and O–H groups in total. The summed E-state index contributed by atoms with van der Waals surface area (Å²) in [6.45, 7) is -0.456. The average molecular weight is 390 g/mol. The van der Waals surface area contributed by atoms with Crippen LogP contribution in [0, 0.1) is 0 Å². The summed E-state index contributed by atoms with van der Waals surface area (Å²) in [6.07, 6.45) is 0. The number of nitrogens with one attached hydrogen (secondary N) is 3. The van der Waals surface area contributed by atoms with Gasteiger partial charge in [0.1, 0.15) is 0 Å². The zero-order chi connectivity index (χ0) is 19.8. The third-order valence-electron chi connectivity index (χ3n) is 3.32. The molecule has 0 aliphatic carbocycles. The van der Waals surface area contributed by atoms with E-state index < -0.39 is 30.2 Å². The molecule has 140 valence electrons. The van der Waals surface area contributed by atoms with E-state index in [0.29, 0.717) is 10.7 Å². The van der Waals surface area contributed by atoms with Gasteiger partial charge in [-0.15, -0.1) is 0 Å². The molecule has 0 atom stereocenters. The Morgan fingerprint density at radius 1 is 0.926 bits per heavy atom. The molecule has 2 aromatic rings. The number of rotatable bonds is 5. The fraction of sp³-hybridized carbons (Fsp3) is 0.111. The number of hydrogen-bond donors (Lipinski definition) is 3. The molecule has 0 radical (unpaired) electrons. The molecule has 0 fully saturated rings. The maximum atomic E-state index is 12.0. The molecule has 0 spiro atoms. The molecule has 9 heteroatoms. The lowest BCUT2D eigenvalue weighted by Crippen LogP contribution is -2.39. The Morgan fingerprint density at radius 3 is 2.26 bits per heavy atom. The third kappa shape index (κ3) is 5.82. The molecule has 0 aromatic heterocycles. The standard InChI is InChI=1S/C18H16ClN3O5/c1-27-18(26)13-4-2-3-5-14(13)22-15(23)10-20-16(24)17(25)21-12-8-6-11(19)7-9-12/h2-9H,10H2,1H3,(H,20,24)(H,21,25)(H,22,23). The minimum absolute atomic E-state index is 0.167. The summed E-state index contributed by atoms with van der Waals surface area (Å²) in [5.74, 6) is -3.14. The van der Waals surface area contributed by atoms with Gasteiger partial charge in [0.05, 0.1) is 24.9 Å². The molecule has 3 amide bonds. The Kier molecular flexibility index (Phi) is 6.90. The lowest BCUT2D eigenvalue weighted by atomic mass is 10.2. The van der Waals surface area contributed by atoms with Crippen LogP contribution in [0.5, 0.6) is 0 Å². The number of methoxy groups -OCH3 is 1. The fourth-order valence-electron chi connectivity index (χ4n) is 2.04. The lowest BCUT2D eigenvalue weighted by molar-refractivity contribution is -0.136.